The molecule has 0 unspecified atom stereocenters. The Morgan fingerprint density at radius 2 is 1.81 bits per heavy atom. The number of fused-ring (bicyclic) bond motifs is 1. The summed E-state index contributed by atoms with van der Waals surface area (Å²) in [6, 6.07) is 8.89. The lowest BCUT2D eigenvalue weighted by Gasteiger charge is -2.12. The fourth-order valence-corrected chi connectivity index (χ4v) is 7.13. The van der Waals surface area contributed by atoms with Gasteiger partial charge in [-0.15, -0.1) is 11.3 Å². The molecular weight excluding hydrogens is 514 g/mol. The number of hydrogen-bond acceptors (Lipinski definition) is 7. The highest BCUT2D eigenvalue weighted by molar-refractivity contribution is 7.91. The van der Waals surface area contributed by atoms with Crippen molar-refractivity contribution in [1.29, 1.82) is 0 Å². The second-order valence-corrected chi connectivity index (χ2v) is 13.1. The van der Waals surface area contributed by atoms with Gasteiger partial charge in [0.2, 0.25) is 0 Å². The van der Waals surface area contributed by atoms with Gasteiger partial charge in [-0.25, -0.2) is 17.9 Å². The van der Waals surface area contributed by atoms with Crippen LogP contribution in [-0.2, 0) is 30.2 Å². The zero-order valence-electron chi connectivity index (χ0n) is 20.5. The topological polar surface area (TPSA) is 117 Å². The van der Waals surface area contributed by atoms with Gasteiger partial charge in [-0.05, 0) is 56.4 Å². The summed E-state index contributed by atoms with van der Waals surface area (Å²) in [4.78, 5) is 27.4. The molecule has 2 aliphatic rings. The molecule has 4 aromatic rings. The SMILES string of the molecule is Cn1cc(Cn2c(=O)c3cc(S(=O)(=O)NC4(C)CC4)sc3n(Cc3ccc(OC4CC4)cc3)c2=O)cn1. The van der Waals surface area contributed by atoms with Gasteiger partial charge in [-0.3, -0.25) is 18.6 Å². The first-order valence-corrected chi connectivity index (χ1v) is 14.4. The maximum Gasteiger partial charge on any atom is 0.332 e. The Labute approximate surface area is 217 Å². The average molecular weight is 542 g/mol. The minimum Gasteiger partial charge on any atom is -0.490 e. The van der Waals surface area contributed by atoms with Crippen LogP contribution in [-0.4, -0.2) is 39.0 Å². The van der Waals surface area contributed by atoms with Crippen LogP contribution in [0.25, 0.3) is 10.2 Å². The number of thiophene rings is 1. The molecule has 0 amide bonds. The quantitative estimate of drug-likeness (QED) is 0.348. The molecule has 0 radical (unpaired) electrons. The van der Waals surface area contributed by atoms with Gasteiger partial charge in [-0.2, -0.15) is 5.10 Å². The summed E-state index contributed by atoms with van der Waals surface area (Å²) < 4.78 is 39.0. The minimum absolute atomic E-state index is 0.0215. The van der Waals surface area contributed by atoms with E-state index in [4.69, 9.17) is 4.74 Å². The van der Waals surface area contributed by atoms with Crippen LogP contribution in [0.5, 0.6) is 5.75 Å². The van der Waals surface area contributed by atoms with Crippen molar-refractivity contribution in [1.82, 2.24) is 23.6 Å². The second-order valence-electron chi connectivity index (χ2n) is 10.2. The Morgan fingerprint density at radius 1 is 1.11 bits per heavy atom. The maximum absolute atomic E-state index is 13.7. The van der Waals surface area contributed by atoms with Crippen molar-refractivity contribution in [3.63, 3.8) is 0 Å². The van der Waals surface area contributed by atoms with Crippen LogP contribution in [0.2, 0.25) is 0 Å². The van der Waals surface area contributed by atoms with Crippen LogP contribution in [0.3, 0.4) is 0 Å². The molecule has 2 saturated carbocycles. The van der Waals surface area contributed by atoms with Crippen LogP contribution < -0.4 is 20.7 Å². The summed E-state index contributed by atoms with van der Waals surface area (Å²) in [6.07, 6.45) is 7.27. The summed E-state index contributed by atoms with van der Waals surface area (Å²) in [5.41, 5.74) is 0.0377. The van der Waals surface area contributed by atoms with Gasteiger partial charge in [0.25, 0.3) is 15.6 Å². The van der Waals surface area contributed by atoms with Gasteiger partial charge in [0.05, 0.1) is 30.8 Å². The standard InChI is InChI=1S/C25H27N5O5S2/c1-25(9-10-25)27-37(33,34)21-11-20-22(31)29(15-17-12-26-28(2)13-17)24(32)30(23(20)36-21)14-16-3-5-18(6-4-16)35-19-7-8-19/h3-6,11-13,19,27H,7-10,14-15H2,1-2H3. The summed E-state index contributed by atoms with van der Waals surface area (Å²) in [5, 5.41) is 4.33. The molecule has 0 spiro atoms. The lowest BCUT2D eigenvalue weighted by atomic mass is 10.2. The van der Waals surface area contributed by atoms with Crippen LogP contribution in [0.15, 0.2) is 56.5 Å². The maximum atomic E-state index is 13.7. The summed E-state index contributed by atoms with van der Waals surface area (Å²) in [6.45, 7) is 2.06. The lowest BCUT2D eigenvalue weighted by Crippen LogP contribution is -2.40. The Hall–Kier alpha value is -3.22. The summed E-state index contributed by atoms with van der Waals surface area (Å²) >= 11 is 0.944. The van der Waals surface area contributed by atoms with Crippen LogP contribution in [0.1, 0.15) is 43.7 Å². The largest absolute Gasteiger partial charge is 0.490 e. The lowest BCUT2D eigenvalue weighted by molar-refractivity contribution is 0.303. The molecule has 194 valence electrons. The first kappa shape index (κ1) is 24.1. The van der Waals surface area contributed by atoms with Crippen molar-refractivity contribution >= 4 is 31.6 Å². The van der Waals surface area contributed by atoms with E-state index in [1.54, 1.807) is 24.1 Å². The molecule has 0 aliphatic heterocycles. The molecule has 1 aromatic carbocycles. The van der Waals surface area contributed by atoms with Gasteiger partial charge in [0, 0.05) is 24.3 Å². The number of ether oxygens (including phenoxy) is 1. The van der Waals surface area contributed by atoms with Crippen LogP contribution >= 0.6 is 11.3 Å². The average Bonchev–Trinajstić information content (AvgIpc) is 3.70. The van der Waals surface area contributed by atoms with Crippen molar-refractivity contribution in [2.75, 3.05) is 0 Å². The van der Waals surface area contributed by atoms with Crippen molar-refractivity contribution in [2.24, 2.45) is 7.05 Å². The third-order valence-corrected chi connectivity index (χ3v) is 9.98. The number of nitrogens with one attached hydrogen (secondary N) is 1. The molecule has 37 heavy (non-hydrogen) atoms. The highest BCUT2D eigenvalue weighted by Crippen LogP contribution is 2.37. The molecule has 0 saturated heterocycles. The zero-order chi connectivity index (χ0) is 25.9. The number of benzene rings is 1. The number of nitrogens with zero attached hydrogens (tertiary/aromatic N) is 4. The van der Waals surface area contributed by atoms with Gasteiger partial charge >= 0.3 is 5.69 Å². The van der Waals surface area contributed by atoms with E-state index in [1.165, 1.54) is 10.6 Å². The highest BCUT2D eigenvalue weighted by atomic mass is 32.2. The van der Waals surface area contributed by atoms with E-state index in [0.29, 0.717) is 10.4 Å². The summed E-state index contributed by atoms with van der Waals surface area (Å²) in [5.74, 6) is 0.773. The third-order valence-electron chi connectivity index (χ3n) is 6.71. The Kier molecular flexibility index (Phi) is 5.66. The molecular formula is C25H27N5O5S2. The molecule has 0 bridgehead atoms. The first-order valence-electron chi connectivity index (χ1n) is 12.1. The van der Waals surface area contributed by atoms with Crippen molar-refractivity contribution in [3.8, 4) is 5.75 Å². The number of aryl methyl sites for hydroxylation is 1. The fraction of sp³-hybridized carbons (Fsp3) is 0.400. The van der Waals surface area contributed by atoms with E-state index in [-0.39, 0.29) is 28.8 Å². The van der Waals surface area contributed by atoms with Gasteiger partial charge in [0.15, 0.2) is 0 Å². The summed E-state index contributed by atoms with van der Waals surface area (Å²) in [7, 11) is -2.08. The van der Waals surface area contributed by atoms with E-state index in [1.807, 2.05) is 31.2 Å². The second kappa shape index (κ2) is 8.67. The number of hydrogen-bond donors (Lipinski definition) is 1. The monoisotopic (exact) mass is 541 g/mol. The van der Waals surface area contributed by atoms with E-state index in [0.717, 1.165) is 52.9 Å². The highest BCUT2D eigenvalue weighted by Gasteiger charge is 2.41. The smallest absolute Gasteiger partial charge is 0.332 e. The van der Waals surface area contributed by atoms with E-state index in [2.05, 4.69) is 9.82 Å². The molecule has 3 aromatic heterocycles. The van der Waals surface area contributed by atoms with E-state index in [9.17, 15) is 18.0 Å². The molecule has 10 nitrogen and oxygen atoms in total. The molecule has 1 N–H and O–H groups in total. The van der Waals surface area contributed by atoms with E-state index >= 15 is 0 Å². The van der Waals surface area contributed by atoms with Crippen LogP contribution in [0.4, 0.5) is 0 Å². The number of rotatable bonds is 9. The molecule has 3 heterocycles. The predicted octanol–water partition coefficient (Wildman–Crippen LogP) is 2.43. The number of sulfonamides is 1. The Morgan fingerprint density at radius 3 is 2.43 bits per heavy atom. The van der Waals surface area contributed by atoms with E-state index < -0.39 is 26.8 Å². The Bertz CT molecular complexity index is 1720. The van der Waals surface area contributed by atoms with Crippen molar-refractivity contribution < 1.29 is 13.2 Å². The minimum atomic E-state index is -3.84. The number of aromatic nitrogens is 4. The zero-order valence-corrected chi connectivity index (χ0v) is 22.1. The molecule has 0 atom stereocenters. The third kappa shape index (κ3) is 4.88. The van der Waals surface area contributed by atoms with Crippen LogP contribution in [0, 0.1) is 0 Å². The van der Waals surface area contributed by atoms with Gasteiger partial charge < -0.3 is 4.74 Å². The van der Waals surface area contributed by atoms with Gasteiger partial charge in [0.1, 0.15) is 14.8 Å². The van der Waals surface area contributed by atoms with Crippen molar-refractivity contribution in [3.05, 3.63) is 74.7 Å². The predicted molar refractivity (Wildman–Crippen MR) is 140 cm³/mol. The van der Waals surface area contributed by atoms with Gasteiger partial charge in [-0.1, -0.05) is 12.1 Å². The normalized spacial score (nSPS) is 16.8. The molecule has 2 aliphatic carbocycles. The first-order chi connectivity index (χ1) is 17.6. The molecule has 6 rings (SSSR count). The fourth-order valence-electron chi connectivity index (χ4n) is 4.22. The Balaban J connectivity index is 1.45. The molecule has 12 heteroatoms. The van der Waals surface area contributed by atoms with Crippen molar-refractivity contribution in [2.45, 2.75) is 61.5 Å². The molecule has 2 fully saturated rings.